The molecule has 17 heavy (non-hydrogen) atoms. The van der Waals surface area contributed by atoms with E-state index in [1.54, 1.807) is 4.88 Å². The maximum absolute atomic E-state index is 3.59. The summed E-state index contributed by atoms with van der Waals surface area (Å²) in [5.74, 6) is 0.902. The highest BCUT2D eigenvalue weighted by molar-refractivity contribution is 9.10. The van der Waals surface area contributed by atoms with Gasteiger partial charge in [-0.2, -0.15) is 0 Å². The smallest absolute Gasteiger partial charge is 0.0471 e. The lowest BCUT2D eigenvalue weighted by atomic mass is 9.78. The topological polar surface area (TPSA) is 15.3 Å². The first-order valence-electron chi connectivity index (χ1n) is 6.53. The Hall–Kier alpha value is 0.1000. The van der Waals surface area contributed by atoms with Crippen molar-refractivity contribution in [2.45, 2.75) is 25.3 Å². The molecule has 1 aromatic heterocycles. The second kappa shape index (κ2) is 5.39. The molecule has 0 radical (unpaired) electrons. The van der Waals surface area contributed by atoms with Gasteiger partial charge in [0.1, 0.15) is 0 Å². The molecule has 2 heterocycles. The Morgan fingerprint density at radius 3 is 2.65 bits per heavy atom. The predicted molar refractivity (Wildman–Crippen MR) is 76.5 cm³/mol. The van der Waals surface area contributed by atoms with Gasteiger partial charge in [0.15, 0.2) is 0 Å². The highest BCUT2D eigenvalue weighted by Crippen LogP contribution is 2.43. The molecular weight excluding hydrogens is 296 g/mol. The molecular formula is C13H19BrN2S. The molecule has 0 aromatic carbocycles. The Morgan fingerprint density at radius 2 is 2.12 bits per heavy atom. The first-order chi connectivity index (χ1) is 8.34. The number of thiophene rings is 1. The van der Waals surface area contributed by atoms with E-state index in [2.05, 4.69) is 37.6 Å². The first-order valence-corrected chi connectivity index (χ1v) is 8.20. The van der Waals surface area contributed by atoms with Gasteiger partial charge in [0.2, 0.25) is 0 Å². The Kier molecular flexibility index (Phi) is 3.85. The van der Waals surface area contributed by atoms with E-state index in [-0.39, 0.29) is 0 Å². The monoisotopic (exact) mass is 314 g/mol. The zero-order valence-electron chi connectivity index (χ0n) is 9.99. The van der Waals surface area contributed by atoms with Crippen LogP contribution < -0.4 is 5.32 Å². The fraction of sp³-hybridized carbons (Fsp3) is 0.692. The molecule has 2 aliphatic rings. The third-order valence-corrected chi connectivity index (χ3v) is 5.78. The van der Waals surface area contributed by atoms with Crippen molar-refractivity contribution in [3.63, 3.8) is 0 Å². The summed E-state index contributed by atoms with van der Waals surface area (Å²) < 4.78 is 1.25. The SMILES string of the molecule is Brc1csc([C@H](C2CCC2)N2CCNCC2)c1. The summed E-state index contributed by atoms with van der Waals surface area (Å²) in [5.41, 5.74) is 0. The van der Waals surface area contributed by atoms with Crippen LogP contribution >= 0.6 is 27.3 Å². The van der Waals surface area contributed by atoms with Crippen LogP contribution in [0.25, 0.3) is 0 Å². The molecule has 1 saturated carbocycles. The molecule has 0 bridgehead atoms. The number of hydrogen-bond donors (Lipinski definition) is 1. The third kappa shape index (κ3) is 2.60. The van der Waals surface area contributed by atoms with Gasteiger partial charge in [0.25, 0.3) is 0 Å². The molecule has 1 N–H and O–H groups in total. The van der Waals surface area contributed by atoms with Crippen molar-refractivity contribution < 1.29 is 0 Å². The Bertz CT molecular complexity index is 369. The van der Waals surface area contributed by atoms with Crippen molar-refractivity contribution >= 4 is 27.3 Å². The van der Waals surface area contributed by atoms with E-state index >= 15 is 0 Å². The standard InChI is InChI=1S/C13H19BrN2S/c14-11-8-12(17-9-11)13(10-2-1-3-10)16-6-4-15-5-7-16/h8-10,13,15H,1-7H2/t13-/m0/s1. The summed E-state index contributed by atoms with van der Waals surface area (Å²) in [6, 6.07) is 3.01. The van der Waals surface area contributed by atoms with Gasteiger partial charge in [-0.05, 0) is 40.8 Å². The van der Waals surface area contributed by atoms with Gasteiger partial charge in [-0.15, -0.1) is 11.3 Å². The van der Waals surface area contributed by atoms with Crippen LogP contribution in [0.4, 0.5) is 0 Å². The van der Waals surface area contributed by atoms with Gasteiger partial charge >= 0.3 is 0 Å². The second-order valence-corrected chi connectivity index (χ2v) is 6.95. The minimum absolute atomic E-state index is 0.683. The van der Waals surface area contributed by atoms with E-state index in [9.17, 15) is 0 Å². The van der Waals surface area contributed by atoms with E-state index < -0.39 is 0 Å². The quantitative estimate of drug-likeness (QED) is 0.921. The normalized spacial score (nSPS) is 24.5. The van der Waals surface area contributed by atoms with E-state index in [4.69, 9.17) is 0 Å². The minimum Gasteiger partial charge on any atom is -0.314 e. The Labute approximate surface area is 116 Å². The molecule has 1 saturated heterocycles. The highest BCUT2D eigenvalue weighted by atomic mass is 79.9. The molecule has 4 heteroatoms. The number of nitrogens with zero attached hydrogens (tertiary/aromatic N) is 1. The molecule has 2 fully saturated rings. The van der Waals surface area contributed by atoms with Crippen molar-refractivity contribution in [1.82, 2.24) is 10.2 Å². The second-order valence-electron chi connectivity index (χ2n) is 5.09. The highest BCUT2D eigenvalue weighted by Gasteiger charge is 2.34. The lowest BCUT2D eigenvalue weighted by Gasteiger charge is -2.42. The first kappa shape index (κ1) is 12.2. The van der Waals surface area contributed by atoms with Crippen LogP contribution in [0, 0.1) is 5.92 Å². The van der Waals surface area contributed by atoms with Crippen LogP contribution in [0.15, 0.2) is 15.9 Å². The largest absolute Gasteiger partial charge is 0.314 e. The number of piperazine rings is 1. The molecule has 1 aromatic rings. The Balaban J connectivity index is 1.80. The summed E-state index contributed by atoms with van der Waals surface area (Å²) in [6.07, 6.45) is 4.27. The van der Waals surface area contributed by atoms with Gasteiger partial charge in [-0.1, -0.05) is 6.42 Å². The van der Waals surface area contributed by atoms with Gasteiger partial charge < -0.3 is 5.32 Å². The fourth-order valence-electron chi connectivity index (χ4n) is 2.91. The van der Waals surface area contributed by atoms with Crippen LogP contribution in [0.5, 0.6) is 0 Å². The van der Waals surface area contributed by atoms with Crippen molar-refractivity contribution in [3.05, 3.63) is 20.8 Å². The molecule has 94 valence electrons. The number of hydrogen-bond acceptors (Lipinski definition) is 3. The van der Waals surface area contributed by atoms with Crippen LogP contribution in [0.3, 0.4) is 0 Å². The van der Waals surface area contributed by atoms with E-state index in [1.165, 1.54) is 36.8 Å². The lowest BCUT2D eigenvalue weighted by molar-refractivity contribution is 0.0860. The Morgan fingerprint density at radius 1 is 1.35 bits per heavy atom. The summed E-state index contributed by atoms with van der Waals surface area (Å²) in [5, 5.41) is 5.68. The van der Waals surface area contributed by atoms with E-state index in [1.807, 2.05) is 11.3 Å². The lowest BCUT2D eigenvalue weighted by Crippen LogP contribution is -2.47. The predicted octanol–water partition coefficient (Wildman–Crippen LogP) is 3.26. The van der Waals surface area contributed by atoms with Crippen LogP contribution in [-0.2, 0) is 0 Å². The molecule has 0 amide bonds. The fourth-order valence-corrected chi connectivity index (χ4v) is 4.58. The third-order valence-electron chi connectivity index (χ3n) is 4.02. The van der Waals surface area contributed by atoms with Crippen LogP contribution in [-0.4, -0.2) is 31.1 Å². The van der Waals surface area contributed by atoms with Crippen molar-refractivity contribution in [1.29, 1.82) is 0 Å². The van der Waals surface area contributed by atoms with Gasteiger partial charge in [0, 0.05) is 47.0 Å². The van der Waals surface area contributed by atoms with Gasteiger partial charge in [-0.3, -0.25) is 4.90 Å². The van der Waals surface area contributed by atoms with Crippen molar-refractivity contribution in [2.75, 3.05) is 26.2 Å². The molecule has 0 spiro atoms. The van der Waals surface area contributed by atoms with E-state index in [0.717, 1.165) is 19.0 Å². The average molecular weight is 315 g/mol. The summed E-state index contributed by atoms with van der Waals surface area (Å²) in [4.78, 5) is 4.25. The number of nitrogens with one attached hydrogen (secondary N) is 1. The molecule has 1 atom stereocenters. The molecule has 1 aliphatic carbocycles. The molecule has 1 aliphatic heterocycles. The minimum atomic E-state index is 0.683. The maximum Gasteiger partial charge on any atom is 0.0471 e. The summed E-state index contributed by atoms with van der Waals surface area (Å²) >= 11 is 5.51. The van der Waals surface area contributed by atoms with Crippen LogP contribution in [0.1, 0.15) is 30.2 Å². The van der Waals surface area contributed by atoms with Gasteiger partial charge in [-0.25, -0.2) is 0 Å². The van der Waals surface area contributed by atoms with Gasteiger partial charge in [0.05, 0.1) is 0 Å². The zero-order chi connectivity index (χ0) is 11.7. The molecule has 2 nitrogen and oxygen atoms in total. The van der Waals surface area contributed by atoms with E-state index in [0.29, 0.717) is 6.04 Å². The number of halogens is 1. The number of rotatable bonds is 3. The molecule has 0 unspecified atom stereocenters. The zero-order valence-corrected chi connectivity index (χ0v) is 12.4. The van der Waals surface area contributed by atoms with Crippen molar-refractivity contribution in [2.24, 2.45) is 5.92 Å². The average Bonchev–Trinajstić information content (AvgIpc) is 2.71. The summed E-state index contributed by atoms with van der Waals surface area (Å²) in [7, 11) is 0. The summed E-state index contributed by atoms with van der Waals surface area (Å²) in [6.45, 7) is 4.71. The maximum atomic E-state index is 3.59. The van der Waals surface area contributed by atoms with Crippen molar-refractivity contribution in [3.8, 4) is 0 Å². The molecule has 3 rings (SSSR count). The van der Waals surface area contributed by atoms with Crippen LogP contribution in [0.2, 0.25) is 0 Å².